The van der Waals surface area contributed by atoms with Gasteiger partial charge in [-0.25, -0.2) is 0 Å². The second-order valence-corrected chi connectivity index (χ2v) is 6.38. The maximum absolute atomic E-state index is 12.7. The summed E-state index contributed by atoms with van der Waals surface area (Å²) in [5.74, 6) is 0.553. The first-order valence-corrected chi connectivity index (χ1v) is 8.13. The van der Waals surface area contributed by atoms with Gasteiger partial charge in [-0.15, -0.1) is 0 Å². The Bertz CT molecular complexity index is 433. The van der Waals surface area contributed by atoms with Crippen molar-refractivity contribution in [3.8, 4) is 0 Å². The molecule has 2 heterocycles. The molecule has 1 amide bonds. The predicted octanol–water partition coefficient (Wildman–Crippen LogP) is 2.63. The summed E-state index contributed by atoms with van der Waals surface area (Å²) in [4.78, 5) is 14.7. The summed E-state index contributed by atoms with van der Waals surface area (Å²) in [5, 5.41) is 7.63. The van der Waals surface area contributed by atoms with Crippen LogP contribution in [0.3, 0.4) is 0 Å². The minimum Gasteiger partial charge on any atom is -0.383 e. The SMILES string of the molecule is CCC1NC(c2ccsc2)N(C(COC)C(C)C)C1=O. The Hall–Kier alpha value is -0.910. The van der Waals surface area contributed by atoms with Crippen LogP contribution in [0, 0.1) is 5.92 Å². The van der Waals surface area contributed by atoms with E-state index >= 15 is 0 Å². The molecule has 20 heavy (non-hydrogen) atoms. The van der Waals surface area contributed by atoms with E-state index in [1.807, 2.05) is 11.8 Å². The number of rotatable bonds is 6. The Morgan fingerprint density at radius 1 is 1.50 bits per heavy atom. The number of nitrogens with zero attached hydrogens (tertiary/aromatic N) is 1. The zero-order valence-corrected chi connectivity index (χ0v) is 13.4. The molecule has 0 spiro atoms. The number of methoxy groups -OCH3 is 1. The van der Waals surface area contributed by atoms with Crippen molar-refractivity contribution < 1.29 is 9.53 Å². The lowest BCUT2D eigenvalue weighted by Gasteiger charge is -2.34. The molecule has 4 nitrogen and oxygen atoms in total. The topological polar surface area (TPSA) is 41.6 Å². The average molecular weight is 296 g/mol. The van der Waals surface area contributed by atoms with Crippen molar-refractivity contribution in [1.29, 1.82) is 0 Å². The Balaban J connectivity index is 2.31. The zero-order valence-electron chi connectivity index (χ0n) is 12.6. The van der Waals surface area contributed by atoms with Crippen LogP contribution >= 0.6 is 11.3 Å². The molecule has 3 atom stereocenters. The lowest BCUT2D eigenvalue weighted by Crippen LogP contribution is -2.45. The van der Waals surface area contributed by atoms with Crippen molar-refractivity contribution in [2.45, 2.75) is 45.4 Å². The monoisotopic (exact) mass is 296 g/mol. The van der Waals surface area contributed by atoms with Crippen LogP contribution < -0.4 is 5.32 Å². The van der Waals surface area contributed by atoms with Gasteiger partial charge in [-0.3, -0.25) is 10.1 Å². The standard InChI is InChI=1S/C15H24N2O2S/c1-5-12-15(18)17(13(8-19-4)10(2)3)14(16-12)11-6-7-20-9-11/h6-7,9-10,12-14,16H,5,8H2,1-4H3. The minimum absolute atomic E-state index is 0.0266. The van der Waals surface area contributed by atoms with Gasteiger partial charge in [-0.1, -0.05) is 20.8 Å². The van der Waals surface area contributed by atoms with Crippen LogP contribution in [0.4, 0.5) is 0 Å². The molecule has 0 aliphatic carbocycles. The lowest BCUT2D eigenvalue weighted by atomic mass is 10.0. The highest BCUT2D eigenvalue weighted by molar-refractivity contribution is 7.07. The van der Waals surface area contributed by atoms with Crippen LogP contribution in [0.15, 0.2) is 16.8 Å². The van der Waals surface area contributed by atoms with Gasteiger partial charge in [-0.2, -0.15) is 11.3 Å². The highest BCUT2D eigenvalue weighted by Gasteiger charge is 2.43. The molecule has 1 aromatic rings. The third kappa shape index (κ3) is 2.90. The van der Waals surface area contributed by atoms with E-state index in [0.29, 0.717) is 12.5 Å². The molecule has 1 saturated heterocycles. The Morgan fingerprint density at radius 3 is 2.75 bits per heavy atom. The fourth-order valence-corrected chi connectivity index (χ4v) is 3.43. The molecule has 1 aromatic heterocycles. The van der Waals surface area contributed by atoms with E-state index in [9.17, 15) is 4.79 Å². The van der Waals surface area contributed by atoms with Crippen LogP contribution in [0.25, 0.3) is 0 Å². The number of amides is 1. The van der Waals surface area contributed by atoms with Gasteiger partial charge in [0.2, 0.25) is 5.91 Å². The van der Waals surface area contributed by atoms with Gasteiger partial charge < -0.3 is 9.64 Å². The molecular weight excluding hydrogens is 272 g/mol. The van der Waals surface area contributed by atoms with Gasteiger partial charge in [0.25, 0.3) is 0 Å². The molecule has 1 fully saturated rings. The van der Waals surface area contributed by atoms with E-state index in [4.69, 9.17) is 4.74 Å². The predicted molar refractivity (Wildman–Crippen MR) is 81.6 cm³/mol. The summed E-state index contributed by atoms with van der Waals surface area (Å²) in [6.07, 6.45) is 0.787. The van der Waals surface area contributed by atoms with E-state index in [2.05, 4.69) is 36.0 Å². The molecule has 112 valence electrons. The van der Waals surface area contributed by atoms with Gasteiger partial charge in [0.15, 0.2) is 0 Å². The van der Waals surface area contributed by atoms with E-state index in [1.165, 1.54) is 5.56 Å². The highest BCUT2D eigenvalue weighted by Crippen LogP contribution is 2.32. The van der Waals surface area contributed by atoms with Crippen molar-refractivity contribution in [3.63, 3.8) is 0 Å². The van der Waals surface area contributed by atoms with E-state index in [-0.39, 0.29) is 24.2 Å². The molecule has 0 bridgehead atoms. The van der Waals surface area contributed by atoms with Gasteiger partial charge >= 0.3 is 0 Å². The van der Waals surface area contributed by atoms with E-state index in [1.54, 1.807) is 18.4 Å². The maximum atomic E-state index is 12.7. The first-order chi connectivity index (χ1) is 9.60. The summed E-state index contributed by atoms with van der Waals surface area (Å²) >= 11 is 1.66. The lowest BCUT2D eigenvalue weighted by molar-refractivity contribution is -0.134. The summed E-state index contributed by atoms with van der Waals surface area (Å²) in [7, 11) is 1.69. The Kier molecular flexibility index (Phi) is 5.18. The molecule has 2 rings (SSSR count). The van der Waals surface area contributed by atoms with Gasteiger partial charge in [0.05, 0.1) is 18.7 Å². The largest absolute Gasteiger partial charge is 0.383 e. The van der Waals surface area contributed by atoms with Crippen molar-refractivity contribution >= 4 is 17.2 Å². The summed E-state index contributed by atoms with van der Waals surface area (Å²) < 4.78 is 5.34. The highest BCUT2D eigenvalue weighted by atomic mass is 32.1. The van der Waals surface area contributed by atoms with Crippen LogP contribution in [0.2, 0.25) is 0 Å². The molecule has 1 N–H and O–H groups in total. The zero-order chi connectivity index (χ0) is 14.7. The molecule has 0 aromatic carbocycles. The van der Waals surface area contributed by atoms with Crippen LogP contribution in [-0.4, -0.2) is 36.6 Å². The number of carbonyl (C=O) groups excluding carboxylic acids is 1. The summed E-state index contributed by atoms with van der Waals surface area (Å²) in [6.45, 7) is 6.90. The molecule has 5 heteroatoms. The molecular formula is C15H24N2O2S. The third-order valence-electron chi connectivity index (χ3n) is 3.92. The number of carbonyl (C=O) groups is 1. The second-order valence-electron chi connectivity index (χ2n) is 5.60. The summed E-state index contributed by atoms with van der Waals surface area (Å²) in [6, 6.07) is 2.10. The number of hydrogen-bond acceptors (Lipinski definition) is 4. The second kappa shape index (κ2) is 6.70. The molecule has 0 saturated carbocycles. The van der Waals surface area contributed by atoms with E-state index < -0.39 is 0 Å². The smallest absolute Gasteiger partial charge is 0.241 e. The number of ether oxygens (including phenoxy) is 1. The van der Waals surface area contributed by atoms with Crippen LogP contribution in [0.5, 0.6) is 0 Å². The maximum Gasteiger partial charge on any atom is 0.241 e. The van der Waals surface area contributed by atoms with Gasteiger partial charge in [-0.05, 0) is 34.7 Å². The van der Waals surface area contributed by atoms with Crippen molar-refractivity contribution in [3.05, 3.63) is 22.4 Å². The number of nitrogens with one attached hydrogen (secondary N) is 1. The molecule has 3 unspecified atom stereocenters. The van der Waals surface area contributed by atoms with Crippen LogP contribution in [-0.2, 0) is 9.53 Å². The fraction of sp³-hybridized carbons (Fsp3) is 0.667. The van der Waals surface area contributed by atoms with Gasteiger partial charge in [0, 0.05) is 7.11 Å². The normalized spacial score (nSPS) is 24.6. The van der Waals surface area contributed by atoms with Crippen LogP contribution in [0.1, 0.15) is 38.9 Å². The molecule has 1 aliphatic heterocycles. The average Bonchev–Trinajstić information content (AvgIpc) is 3.03. The van der Waals surface area contributed by atoms with E-state index in [0.717, 1.165) is 6.42 Å². The van der Waals surface area contributed by atoms with Crippen molar-refractivity contribution in [1.82, 2.24) is 10.2 Å². The quantitative estimate of drug-likeness (QED) is 0.877. The molecule has 1 aliphatic rings. The van der Waals surface area contributed by atoms with Gasteiger partial charge in [0.1, 0.15) is 6.17 Å². The van der Waals surface area contributed by atoms with Crippen molar-refractivity contribution in [2.24, 2.45) is 5.92 Å². The first kappa shape index (κ1) is 15.5. The van der Waals surface area contributed by atoms with Crippen molar-refractivity contribution in [2.75, 3.05) is 13.7 Å². The number of thiophene rings is 1. The summed E-state index contributed by atoms with van der Waals surface area (Å²) in [5.41, 5.74) is 1.17. The first-order valence-electron chi connectivity index (χ1n) is 7.19. The Labute approximate surface area is 125 Å². The minimum atomic E-state index is -0.0852. The fourth-order valence-electron chi connectivity index (χ4n) is 2.75. The third-order valence-corrected chi connectivity index (χ3v) is 4.62. The molecule has 0 radical (unpaired) electrons. The Morgan fingerprint density at radius 2 is 2.25 bits per heavy atom. The number of hydrogen-bond donors (Lipinski definition) is 1.